The monoisotopic (exact) mass is 388 g/mol. The lowest BCUT2D eigenvalue weighted by Gasteiger charge is -2.23. The first-order valence-corrected chi connectivity index (χ1v) is 10.8. The van der Waals surface area contributed by atoms with Gasteiger partial charge in [0.1, 0.15) is 11.5 Å². The van der Waals surface area contributed by atoms with Crippen LogP contribution in [-0.2, 0) is 16.0 Å². The maximum atomic E-state index is 11.5. The van der Waals surface area contributed by atoms with Gasteiger partial charge in [-0.05, 0) is 57.2 Å². The van der Waals surface area contributed by atoms with E-state index in [0.717, 1.165) is 19.3 Å². The molecule has 1 atom stereocenters. The Morgan fingerprint density at radius 3 is 1.82 bits per heavy atom. The quantitative estimate of drug-likeness (QED) is 0.304. The van der Waals surface area contributed by atoms with E-state index >= 15 is 0 Å². The minimum atomic E-state index is -0.804. The van der Waals surface area contributed by atoms with Gasteiger partial charge in [-0.25, -0.2) is 4.79 Å². The highest BCUT2D eigenvalue weighted by molar-refractivity contribution is 5.91. The van der Waals surface area contributed by atoms with Gasteiger partial charge >= 0.3 is 5.97 Å². The van der Waals surface area contributed by atoms with Crippen LogP contribution in [0.3, 0.4) is 0 Å². The number of unbranched alkanes of at least 4 members (excludes halogenated alkanes) is 9. The number of aryl methyl sites for hydroxylation is 1. The molecule has 0 aromatic heterocycles. The molecule has 0 aliphatic carbocycles. The van der Waals surface area contributed by atoms with Gasteiger partial charge in [-0.2, -0.15) is 0 Å². The van der Waals surface area contributed by atoms with Crippen molar-refractivity contribution in [3.8, 4) is 5.75 Å². The highest BCUT2D eigenvalue weighted by Crippen LogP contribution is 2.35. The fraction of sp³-hybridized carbons (Fsp3) is 0.625. The molecule has 0 spiro atoms. The Labute approximate surface area is 169 Å². The van der Waals surface area contributed by atoms with Crippen molar-refractivity contribution in [3.05, 3.63) is 41.2 Å². The number of carbonyl (C=O) groups is 1. The second kappa shape index (κ2) is 11.1. The lowest BCUT2D eigenvalue weighted by Crippen LogP contribution is -2.27. The first kappa shape index (κ1) is 22.3. The summed E-state index contributed by atoms with van der Waals surface area (Å²) in [6.07, 6.45) is 14.0. The van der Waals surface area contributed by atoms with Crippen LogP contribution >= 0.6 is 0 Å². The maximum Gasteiger partial charge on any atom is 0.338 e. The van der Waals surface area contributed by atoms with E-state index in [-0.39, 0.29) is 11.7 Å². The predicted molar refractivity (Wildman–Crippen MR) is 112 cm³/mol. The van der Waals surface area contributed by atoms with Gasteiger partial charge in [-0.15, -0.1) is 0 Å². The molecule has 0 fully saturated rings. The molecule has 2 N–H and O–H groups in total. The average Bonchev–Trinajstić information content (AvgIpc) is 2.87. The lowest BCUT2D eigenvalue weighted by atomic mass is 9.95. The summed E-state index contributed by atoms with van der Waals surface area (Å²) in [5.41, 5.74) is 0.852. The van der Waals surface area contributed by atoms with E-state index in [1.165, 1.54) is 56.9 Å². The molecule has 156 valence electrons. The van der Waals surface area contributed by atoms with Crippen LogP contribution in [0.4, 0.5) is 0 Å². The summed E-state index contributed by atoms with van der Waals surface area (Å²) in [5, 5.41) is 19.3. The molecule has 28 heavy (non-hydrogen) atoms. The highest BCUT2D eigenvalue weighted by atomic mass is 16.6. The molecule has 4 nitrogen and oxygen atoms in total. The van der Waals surface area contributed by atoms with Crippen molar-refractivity contribution >= 4 is 5.97 Å². The largest absolute Gasteiger partial charge is 0.508 e. The van der Waals surface area contributed by atoms with E-state index in [1.807, 2.05) is 12.1 Å². The molecule has 0 amide bonds. The predicted octanol–water partition coefficient (Wildman–Crippen LogP) is 6.37. The number of aliphatic hydroxyl groups excluding tert-OH is 1. The van der Waals surface area contributed by atoms with E-state index in [1.54, 1.807) is 26.0 Å². The van der Waals surface area contributed by atoms with Crippen LogP contribution in [0.5, 0.6) is 5.75 Å². The summed E-state index contributed by atoms with van der Waals surface area (Å²) >= 11 is 0. The molecule has 1 aliphatic rings. The van der Waals surface area contributed by atoms with Crippen molar-refractivity contribution in [2.45, 2.75) is 96.5 Å². The van der Waals surface area contributed by atoms with Gasteiger partial charge in [-0.1, -0.05) is 63.5 Å². The number of phenols is 1. The first-order chi connectivity index (χ1) is 13.4. The summed E-state index contributed by atoms with van der Waals surface area (Å²) in [6, 6.07) is 7.53. The Morgan fingerprint density at radius 1 is 0.821 bits per heavy atom. The van der Waals surface area contributed by atoms with Crippen molar-refractivity contribution < 1.29 is 19.7 Å². The van der Waals surface area contributed by atoms with Crippen LogP contribution in [0.1, 0.15) is 90.0 Å². The van der Waals surface area contributed by atoms with Gasteiger partial charge in [0.25, 0.3) is 0 Å². The Balaban J connectivity index is 1.40. The summed E-state index contributed by atoms with van der Waals surface area (Å²) in [5.74, 6) is 0.0657. The summed E-state index contributed by atoms with van der Waals surface area (Å²) < 4.78 is 5.32. The van der Waals surface area contributed by atoms with Gasteiger partial charge < -0.3 is 14.9 Å². The smallest absolute Gasteiger partial charge is 0.338 e. The van der Waals surface area contributed by atoms with Crippen molar-refractivity contribution in [3.63, 3.8) is 0 Å². The summed E-state index contributed by atoms with van der Waals surface area (Å²) in [4.78, 5) is 11.5. The third kappa shape index (κ3) is 6.88. The standard InChI is InChI=1S/C24H36O4/c1-19-22(26)24(2,28-23(19)27)18-12-10-8-6-4-3-5-7-9-11-13-20-14-16-21(25)17-15-20/h14-17,25-26H,3-13,18H2,1-2H3. The number of ether oxygens (including phenoxy) is 1. The zero-order chi connectivity index (χ0) is 20.4. The number of aromatic hydroxyl groups is 1. The average molecular weight is 389 g/mol. The number of cyclic esters (lactones) is 1. The first-order valence-electron chi connectivity index (χ1n) is 10.8. The third-order valence-electron chi connectivity index (χ3n) is 5.79. The SMILES string of the molecule is CC1=C(O)C(C)(CCCCCCCCCCCCc2ccc(O)cc2)OC1=O. The van der Waals surface area contributed by atoms with E-state index in [9.17, 15) is 15.0 Å². The number of hydrogen-bond donors (Lipinski definition) is 2. The molecular weight excluding hydrogens is 352 g/mol. The molecule has 1 aliphatic heterocycles. The molecule has 2 rings (SSSR count). The molecule has 1 unspecified atom stereocenters. The maximum absolute atomic E-state index is 11.5. The van der Waals surface area contributed by atoms with Crippen LogP contribution in [0.15, 0.2) is 35.6 Å². The molecule has 0 saturated heterocycles. The van der Waals surface area contributed by atoms with Crippen LogP contribution in [-0.4, -0.2) is 21.8 Å². The van der Waals surface area contributed by atoms with E-state index in [0.29, 0.717) is 17.7 Å². The number of carbonyl (C=O) groups excluding carboxylic acids is 1. The van der Waals surface area contributed by atoms with Crippen LogP contribution in [0.25, 0.3) is 0 Å². The summed E-state index contributed by atoms with van der Waals surface area (Å²) in [6.45, 7) is 3.43. The Morgan fingerprint density at radius 2 is 1.32 bits per heavy atom. The molecular formula is C24H36O4. The van der Waals surface area contributed by atoms with E-state index in [2.05, 4.69) is 0 Å². The van der Waals surface area contributed by atoms with Gasteiger partial charge in [0.15, 0.2) is 5.60 Å². The van der Waals surface area contributed by atoms with Crippen molar-refractivity contribution in [2.75, 3.05) is 0 Å². The van der Waals surface area contributed by atoms with E-state index < -0.39 is 5.60 Å². The number of rotatable bonds is 13. The molecule has 1 aromatic rings. The second-order valence-corrected chi connectivity index (χ2v) is 8.30. The molecule has 0 radical (unpaired) electrons. The number of benzene rings is 1. The minimum Gasteiger partial charge on any atom is -0.508 e. The molecule has 0 saturated carbocycles. The molecule has 4 heteroatoms. The normalized spacial score (nSPS) is 19.3. The molecule has 1 heterocycles. The van der Waals surface area contributed by atoms with Crippen LogP contribution < -0.4 is 0 Å². The van der Waals surface area contributed by atoms with Crippen molar-refractivity contribution in [1.82, 2.24) is 0 Å². The topological polar surface area (TPSA) is 66.8 Å². The Kier molecular flexibility index (Phi) is 8.88. The van der Waals surface area contributed by atoms with Crippen molar-refractivity contribution in [1.29, 1.82) is 0 Å². The van der Waals surface area contributed by atoms with Gasteiger partial charge in [0.05, 0.1) is 5.57 Å². The minimum absolute atomic E-state index is 0.114. The fourth-order valence-corrected chi connectivity index (χ4v) is 3.86. The van der Waals surface area contributed by atoms with Crippen LogP contribution in [0, 0.1) is 0 Å². The fourth-order valence-electron chi connectivity index (χ4n) is 3.86. The second-order valence-electron chi connectivity index (χ2n) is 8.30. The van der Waals surface area contributed by atoms with Gasteiger partial charge in [0.2, 0.25) is 0 Å². The van der Waals surface area contributed by atoms with Crippen LogP contribution in [0.2, 0.25) is 0 Å². The Hall–Kier alpha value is -1.97. The van der Waals surface area contributed by atoms with Gasteiger partial charge in [0, 0.05) is 0 Å². The van der Waals surface area contributed by atoms with Gasteiger partial charge in [-0.3, -0.25) is 0 Å². The van der Waals surface area contributed by atoms with E-state index in [4.69, 9.17) is 4.74 Å². The van der Waals surface area contributed by atoms with Crippen molar-refractivity contribution in [2.24, 2.45) is 0 Å². The number of hydrogen-bond acceptors (Lipinski definition) is 4. The lowest BCUT2D eigenvalue weighted by molar-refractivity contribution is -0.147. The Bertz CT molecular complexity index is 647. The number of esters is 1. The highest BCUT2D eigenvalue weighted by Gasteiger charge is 2.42. The molecule has 1 aromatic carbocycles. The molecule has 0 bridgehead atoms. The third-order valence-corrected chi connectivity index (χ3v) is 5.79. The number of aliphatic hydroxyl groups is 1. The summed E-state index contributed by atoms with van der Waals surface area (Å²) in [7, 11) is 0. The zero-order valence-electron chi connectivity index (χ0n) is 17.5. The zero-order valence-corrected chi connectivity index (χ0v) is 17.5. The number of phenolic OH excluding ortho intramolecular Hbond substituents is 1.